The summed E-state index contributed by atoms with van der Waals surface area (Å²) in [4.78, 5) is 7.76. The minimum absolute atomic E-state index is 0.769. The molecule has 0 atom stereocenters. The van der Waals surface area contributed by atoms with E-state index in [1.165, 1.54) is 22.1 Å². The van der Waals surface area contributed by atoms with Crippen LogP contribution in [0.4, 0.5) is 11.4 Å². The van der Waals surface area contributed by atoms with Crippen LogP contribution < -0.4 is 5.32 Å². The van der Waals surface area contributed by atoms with E-state index in [-0.39, 0.29) is 0 Å². The average Bonchev–Trinajstić information content (AvgIpc) is 3.31. The number of hydrogen-bond acceptors (Lipinski definition) is 3. The third kappa shape index (κ3) is 2.74. The molecular weight excluding hydrogens is 346 g/mol. The van der Waals surface area contributed by atoms with Gasteiger partial charge < -0.3 is 14.7 Å². The van der Waals surface area contributed by atoms with E-state index in [1.807, 2.05) is 24.5 Å². The Hall–Kier alpha value is -3.53. The molecule has 0 bridgehead atoms. The van der Waals surface area contributed by atoms with Gasteiger partial charge in [0.2, 0.25) is 0 Å². The van der Waals surface area contributed by atoms with E-state index in [9.17, 15) is 0 Å². The van der Waals surface area contributed by atoms with Crippen LogP contribution in [0.15, 0.2) is 65.3 Å². The Kier molecular flexibility index (Phi) is 3.72. The molecule has 138 valence electrons. The number of aromatic nitrogens is 2. The van der Waals surface area contributed by atoms with Gasteiger partial charge in [0.15, 0.2) is 5.58 Å². The van der Waals surface area contributed by atoms with Gasteiger partial charge in [-0.25, -0.2) is 0 Å². The van der Waals surface area contributed by atoms with Gasteiger partial charge in [-0.3, -0.25) is 4.98 Å². The second kappa shape index (κ2) is 6.27. The lowest BCUT2D eigenvalue weighted by Gasteiger charge is -2.10. The molecule has 5 rings (SSSR count). The highest BCUT2D eigenvalue weighted by molar-refractivity contribution is 5.94. The number of aryl methyl sites for hydroxylation is 3. The first kappa shape index (κ1) is 16.6. The maximum absolute atomic E-state index is 6.25. The molecule has 0 saturated carbocycles. The Bertz CT molecular complexity index is 1310. The van der Waals surface area contributed by atoms with Crippen LogP contribution in [0.2, 0.25) is 0 Å². The Morgan fingerprint density at radius 3 is 2.54 bits per heavy atom. The van der Waals surface area contributed by atoms with Gasteiger partial charge in [-0.15, -0.1) is 0 Å². The first-order valence-electron chi connectivity index (χ1n) is 9.39. The van der Waals surface area contributed by atoms with Crippen molar-refractivity contribution < 1.29 is 4.42 Å². The summed E-state index contributed by atoms with van der Waals surface area (Å²) in [5.41, 5.74) is 9.44. The topological polar surface area (TPSA) is 53.9 Å². The summed E-state index contributed by atoms with van der Waals surface area (Å²) in [7, 11) is 0. The number of hydrogen-bond donors (Lipinski definition) is 2. The average molecular weight is 367 g/mol. The first-order valence-corrected chi connectivity index (χ1v) is 9.39. The highest BCUT2D eigenvalue weighted by atomic mass is 16.3. The molecule has 3 heterocycles. The molecule has 4 heteroatoms. The van der Waals surface area contributed by atoms with E-state index in [0.29, 0.717) is 0 Å². The summed E-state index contributed by atoms with van der Waals surface area (Å²) in [6.45, 7) is 6.33. The maximum atomic E-state index is 6.25. The van der Waals surface area contributed by atoms with Crippen LogP contribution in [-0.4, -0.2) is 9.97 Å². The van der Waals surface area contributed by atoms with Crippen molar-refractivity contribution in [3.8, 4) is 11.3 Å². The third-order valence-electron chi connectivity index (χ3n) is 5.19. The molecule has 0 radical (unpaired) electrons. The number of H-pyrrole nitrogens is 1. The molecular formula is C24H21N3O. The number of fused-ring (bicyclic) bond motifs is 2. The standard InChI is InChI=1S/C24H21N3O/c1-14-10-15(2)12-17(11-14)23-13-22-24(28-23)21(7-9-26-22)27-19-4-5-20-18(16(19)3)6-8-25-20/h4-13,25H,1-3H3,(H,26,27). The van der Waals surface area contributed by atoms with Crippen molar-refractivity contribution in [2.24, 2.45) is 0 Å². The summed E-state index contributed by atoms with van der Waals surface area (Å²) < 4.78 is 6.25. The van der Waals surface area contributed by atoms with Gasteiger partial charge in [-0.1, -0.05) is 17.2 Å². The molecule has 28 heavy (non-hydrogen) atoms. The van der Waals surface area contributed by atoms with Gasteiger partial charge in [0, 0.05) is 40.6 Å². The van der Waals surface area contributed by atoms with Crippen molar-refractivity contribution in [3.63, 3.8) is 0 Å². The fourth-order valence-electron chi connectivity index (χ4n) is 3.86. The monoisotopic (exact) mass is 367 g/mol. The van der Waals surface area contributed by atoms with E-state index in [0.717, 1.165) is 39.3 Å². The molecule has 0 fully saturated rings. The minimum Gasteiger partial charge on any atom is -0.452 e. The summed E-state index contributed by atoms with van der Waals surface area (Å²) >= 11 is 0. The Morgan fingerprint density at radius 1 is 0.893 bits per heavy atom. The molecule has 2 N–H and O–H groups in total. The van der Waals surface area contributed by atoms with Crippen LogP contribution in [0.5, 0.6) is 0 Å². The molecule has 5 aromatic rings. The number of pyridine rings is 1. The van der Waals surface area contributed by atoms with Gasteiger partial charge in [-0.05, 0) is 62.7 Å². The van der Waals surface area contributed by atoms with Gasteiger partial charge in [0.05, 0.1) is 5.69 Å². The number of aromatic amines is 1. The van der Waals surface area contributed by atoms with E-state index in [4.69, 9.17) is 4.42 Å². The van der Waals surface area contributed by atoms with Crippen molar-refractivity contribution in [1.29, 1.82) is 0 Å². The fourth-order valence-corrected chi connectivity index (χ4v) is 3.86. The van der Waals surface area contributed by atoms with Crippen molar-refractivity contribution in [2.45, 2.75) is 20.8 Å². The van der Waals surface area contributed by atoms with Crippen LogP contribution in [0.1, 0.15) is 16.7 Å². The molecule has 0 aliphatic carbocycles. The predicted molar refractivity (Wildman–Crippen MR) is 115 cm³/mol. The molecule has 0 unspecified atom stereocenters. The number of rotatable bonds is 3. The van der Waals surface area contributed by atoms with Gasteiger partial charge >= 0.3 is 0 Å². The largest absolute Gasteiger partial charge is 0.452 e. The Balaban J connectivity index is 1.60. The number of anilines is 2. The summed E-state index contributed by atoms with van der Waals surface area (Å²) in [6.07, 6.45) is 3.78. The van der Waals surface area contributed by atoms with Crippen LogP contribution >= 0.6 is 0 Å². The summed E-state index contributed by atoms with van der Waals surface area (Å²) in [5.74, 6) is 0.835. The van der Waals surface area contributed by atoms with Crippen LogP contribution in [0.3, 0.4) is 0 Å². The molecule has 0 saturated heterocycles. The molecule has 4 nitrogen and oxygen atoms in total. The number of furan rings is 1. The van der Waals surface area contributed by atoms with Crippen molar-refractivity contribution >= 4 is 33.4 Å². The van der Waals surface area contributed by atoms with Crippen molar-refractivity contribution in [3.05, 3.63) is 77.6 Å². The second-order valence-electron chi connectivity index (χ2n) is 7.36. The molecule has 2 aromatic carbocycles. The van der Waals surface area contributed by atoms with E-state index >= 15 is 0 Å². The normalized spacial score (nSPS) is 11.4. The molecule has 0 spiro atoms. The molecule has 0 amide bonds. The zero-order valence-corrected chi connectivity index (χ0v) is 16.1. The highest BCUT2D eigenvalue weighted by Crippen LogP contribution is 2.34. The zero-order valence-electron chi connectivity index (χ0n) is 16.1. The maximum Gasteiger partial charge on any atom is 0.176 e. The van der Waals surface area contributed by atoms with E-state index < -0.39 is 0 Å². The lowest BCUT2D eigenvalue weighted by Crippen LogP contribution is -1.94. The Morgan fingerprint density at radius 2 is 1.71 bits per heavy atom. The predicted octanol–water partition coefficient (Wildman–Crippen LogP) is 6.64. The first-order chi connectivity index (χ1) is 13.6. The SMILES string of the molecule is Cc1cc(C)cc(-c2cc3nccc(Nc4ccc5[nH]ccc5c4C)c3o2)c1. The Labute approximate surface area is 163 Å². The lowest BCUT2D eigenvalue weighted by atomic mass is 10.1. The molecule has 3 aromatic heterocycles. The van der Waals surface area contributed by atoms with E-state index in [1.54, 1.807) is 0 Å². The van der Waals surface area contributed by atoms with Crippen molar-refractivity contribution in [1.82, 2.24) is 9.97 Å². The van der Waals surface area contributed by atoms with Gasteiger partial charge in [-0.2, -0.15) is 0 Å². The van der Waals surface area contributed by atoms with Gasteiger partial charge in [0.25, 0.3) is 0 Å². The number of benzene rings is 2. The lowest BCUT2D eigenvalue weighted by molar-refractivity contribution is 0.632. The zero-order chi connectivity index (χ0) is 19.3. The van der Waals surface area contributed by atoms with E-state index in [2.05, 4.69) is 72.5 Å². The fraction of sp³-hybridized carbons (Fsp3) is 0.125. The number of nitrogens with zero attached hydrogens (tertiary/aromatic N) is 1. The number of nitrogens with one attached hydrogen (secondary N) is 2. The van der Waals surface area contributed by atoms with Gasteiger partial charge in [0.1, 0.15) is 11.3 Å². The summed E-state index contributed by atoms with van der Waals surface area (Å²) in [5, 5.41) is 4.75. The molecule has 0 aliphatic rings. The highest BCUT2D eigenvalue weighted by Gasteiger charge is 2.13. The van der Waals surface area contributed by atoms with Crippen LogP contribution in [-0.2, 0) is 0 Å². The minimum atomic E-state index is 0.769. The quantitative estimate of drug-likeness (QED) is 0.375. The smallest absolute Gasteiger partial charge is 0.176 e. The van der Waals surface area contributed by atoms with Crippen LogP contribution in [0.25, 0.3) is 33.3 Å². The second-order valence-corrected chi connectivity index (χ2v) is 7.36. The molecule has 0 aliphatic heterocycles. The third-order valence-corrected chi connectivity index (χ3v) is 5.19. The van der Waals surface area contributed by atoms with Crippen LogP contribution in [0, 0.1) is 20.8 Å². The summed E-state index contributed by atoms with van der Waals surface area (Å²) in [6, 6.07) is 16.7. The van der Waals surface area contributed by atoms with Crippen molar-refractivity contribution in [2.75, 3.05) is 5.32 Å².